The third-order valence-electron chi connectivity index (χ3n) is 4.53. The number of nitrogens with two attached hydrogens (primary N) is 1. The number of benzene rings is 1. The number of ether oxygens (including phenoxy) is 4. The van der Waals surface area contributed by atoms with Crippen molar-refractivity contribution in [2.75, 3.05) is 20.8 Å². The zero-order valence-corrected chi connectivity index (χ0v) is 19.5. The number of hydrogen-bond donors (Lipinski definition) is 2. The smallest absolute Gasteiger partial charge is 0.332 e. The summed E-state index contributed by atoms with van der Waals surface area (Å²) < 4.78 is 21.1. The van der Waals surface area contributed by atoms with Crippen LogP contribution in [0, 0.1) is 17.8 Å². The van der Waals surface area contributed by atoms with E-state index >= 15 is 0 Å². The number of carboxylic acid groups (broad SMARTS) is 1. The number of hydrogen-bond acceptors (Lipinski definition) is 8. The SMILES string of the molecule is COc1cc(OC)cc(OCC#Cc2ccc(CC[C@@H](C)C(N)OC(=O)C=CC(=O)O)s2)c1. The van der Waals surface area contributed by atoms with Crippen LogP contribution in [0.25, 0.3) is 0 Å². The van der Waals surface area contributed by atoms with Crippen molar-refractivity contribution >= 4 is 23.3 Å². The highest BCUT2D eigenvalue weighted by Gasteiger charge is 2.16. The van der Waals surface area contributed by atoms with E-state index in [-0.39, 0.29) is 12.5 Å². The largest absolute Gasteiger partial charge is 0.496 e. The van der Waals surface area contributed by atoms with Gasteiger partial charge in [-0.15, -0.1) is 11.3 Å². The van der Waals surface area contributed by atoms with Gasteiger partial charge < -0.3 is 24.1 Å². The van der Waals surface area contributed by atoms with E-state index in [0.29, 0.717) is 29.7 Å². The van der Waals surface area contributed by atoms with Crippen LogP contribution in [0.2, 0.25) is 0 Å². The molecule has 33 heavy (non-hydrogen) atoms. The molecule has 0 bridgehead atoms. The standard InChI is InChI=1S/C24H27NO7S/c1-16(24(25)32-23(28)11-10-22(26)27)6-7-21-9-8-20(33-21)5-4-12-31-19-14-17(29-2)13-18(15-19)30-3/h8-11,13-16,24H,6-7,12,25H2,1-3H3,(H,26,27)/t16-,24?/m1/s1. The maximum atomic E-state index is 11.5. The molecule has 0 radical (unpaired) electrons. The molecular formula is C24H27NO7S. The molecule has 8 nitrogen and oxygen atoms in total. The Morgan fingerprint density at radius 1 is 1.12 bits per heavy atom. The number of rotatable bonds is 11. The first-order valence-electron chi connectivity index (χ1n) is 10.1. The van der Waals surface area contributed by atoms with Crippen LogP contribution in [0.15, 0.2) is 42.5 Å². The maximum absolute atomic E-state index is 11.5. The van der Waals surface area contributed by atoms with E-state index in [1.54, 1.807) is 43.8 Å². The first kappa shape index (κ1) is 25.8. The van der Waals surface area contributed by atoms with Crippen LogP contribution >= 0.6 is 11.3 Å². The van der Waals surface area contributed by atoms with E-state index in [0.717, 1.165) is 22.3 Å². The molecule has 2 atom stereocenters. The first-order valence-corrected chi connectivity index (χ1v) is 10.9. The van der Waals surface area contributed by atoms with Gasteiger partial charge in [0.05, 0.1) is 19.1 Å². The molecule has 0 amide bonds. The van der Waals surface area contributed by atoms with Crippen LogP contribution in [0.5, 0.6) is 17.2 Å². The van der Waals surface area contributed by atoms with Gasteiger partial charge in [-0.1, -0.05) is 18.8 Å². The fraction of sp³-hybridized carbons (Fsp3) is 0.333. The molecule has 2 rings (SSSR count). The minimum atomic E-state index is -1.22. The van der Waals surface area contributed by atoms with Crippen LogP contribution in [0.4, 0.5) is 0 Å². The van der Waals surface area contributed by atoms with Crippen molar-refractivity contribution < 1.29 is 33.6 Å². The van der Waals surface area contributed by atoms with Crippen molar-refractivity contribution in [1.29, 1.82) is 0 Å². The summed E-state index contributed by atoms with van der Waals surface area (Å²) in [6.07, 6.45) is 2.19. The second-order valence-electron chi connectivity index (χ2n) is 6.99. The molecule has 1 heterocycles. The number of methoxy groups -OCH3 is 2. The van der Waals surface area contributed by atoms with Crippen molar-refractivity contribution in [3.05, 3.63) is 52.2 Å². The predicted octanol–water partition coefficient (Wildman–Crippen LogP) is 3.23. The number of esters is 1. The number of carboxylic acids is 1. The van der Waals surface area contributed by atoms with Gasteiger partial charge in [-0.05, 0) is 25.0 Å². The Balaban J connectivity index is 1.80. The highest BCUT2D eigenvalue weighted by atomic mass is 32.1. The molecular weight excluding hydrogens is 446 g/mol. The molecule has 3 N–H and O–H groups in total. The van der Waals surface area contributed by atoms with Gasteiger partial charge >= 0.3 is 11.9 Å². The average Bonchev–Trinajstić information content (AvgIpc) is 3.26. The minimum Gasteiger partial charge on any atom is -0.496 e. The van der Waals surface area contributed by atoms with Crippen molar-refractivity contribution in [2.45, 2.75) is 26.0 Å². The molecule has 0 spiro atoms. The van der Waals surface area contributed by atoms with Gasteiger partial charge in [-0.2, -0.15) is 0 Å². The van der Waals surface area contributed by atoms with Crippen molar-refractivity contribution in [3.63, 3.8) is 0 Å². The lowest BCUT2D eigenvalue weighted by Crippen LogP contribution is -2.33. The highest BCUT2D eigenvalue weighted by molar-refractivity contribution is 7.12. The Morgan fingerprint density at radius 3 is 2.42 bits per heavy atom. The Bertz CT molecular complexity index is 1010. The molecule has 2 aromatic rings. The summed E-state index contributed by atoms with van der Waals surface area (Å²) in [4.78, 5) is 24.0. The molecule has 0 saturated heterocycles. The van der Waals surface area contributed by atoms with Crippen LogP contribution in [-0.2, 0) is 20.7 Å². The summed E-state index contributed by atoms with van der Waals surface area (Å²) >= 11 is 1.58. The fourth-order valence-corrected chi connectivity index (χ4v) is 3.55. The molecule has 176 valence electrons. The van der Waals surface area contributed by atoms with Gasteiger partial charge in [0.25, 0.3) is 0 Å². The second kappa shape index (κ2) is 13.2. The van der Waals surface area contributed by atoms with Crippen LogP contribution in [0.3, 0.4) is 0 Å². The number of aryl methyl sites for hydroxylation is 1. The summed E-state index contributed by atoms with van der Waals surface area (Å²) in [5, 5.41) is 8.53. The van der Waals surface area contributed by atoms with E-state index < -0.39 is 18.2 Å². The lowest BCUT2D eigenvalue weighted by molar-refractivity contribution is -0.145. The maximum Gasteiger partial charge on any atom is 0.332 e. The van der Waals surface area contributed by atoms with Crippen molar-refractivity contribution in [2.24, 2.45) is 11.7 Å². The van der Waals surface area contributed by atoms with E-state index in [1.807, 2.05) is 19.1 Å². The van der Waals surface area contributed by atoms with Crippen molar-refractivity contribution in [1.82, 2.24) is 0 Å². The summed E-state index contributed by atoms with van der Waals surface area (Å²) in [5.41, 5.74) is 5.89. The number of aliphatic carboxylic acids is 1. The third kappa shape index (κ3) is 9.27. The normalized spacial score (nSPS) is 12.4. The highest BCUT2D eigenvalue weighted by Crippen LogP contribution is 2.27. The molecule has 1 unspecified atom stereocenters. The van der Waals surface area contributed by atoms with Crippen LogP contribution in [0.1, 0.15) is 23.1 Å². The fourth-order valence-electron chi connectivity index (χ4n) is 2.65. The molecule has 0 aliphatic carbocycles. The molecule has 0 aliphatic rings. The number of thiophene rings is 1. The molecule has 1 aromatic carbocycles. The monoisotopic (exact) mass is 473 g/mol. The average molecular weight is 474 g/mol. The molecule has 1 aromatic heterocycles. The van der Waals surface area contributed by atoms with E-state index in [9.17, 15) is 9.59 Å². The van der Waals surface area contributed by atoms with Gasteiger partial charge in [0.15, 0.2) is 6.23 Å². The topological polar surface area (TPSA) is 117 Å². The first-order chi connectivity index (χ1) is 15.8. The number of carbonyl (C=O) groups is 2. The third-order valence-corrected chi connectivity index (χ3v) is 5.59. The molecule has 0 aliphatic heterocycles. The Labute approximate surface area is 196 Å². The Morgan fingerprint density at radius 2 is 1.79 bits per heavy atom. The Kier molecular flexibility index (Phi) is 10.3. The summed E-state index contributed by atoms with van der Waals surface area (Å²) in [6.45, 7) is 2.09. The quantitative estimate of drug-likeness (QED) is 0.221. The van der Waals surface area contributed by atoms with Crippen LogP contribution in [-0.4, -0.2) is 44.1 Å². The zero-order valence-electron chi connectivity index (χ0n) is 18.7. The lowest BCUT2D eigenvalue weighted by Gasteiger charge is -2.19. The summed E-state index contributed by atoms with van der Waals surface area (Å²) in [6, 6.07) is 9.24. The predicted molar refractivity (Wildman–Crippen MR) is 125 cm³/mol. The Hall–Kier alpha value is -3.48. The molecule has 0 saturated carbocycles. The van der Waals surface area contributed by atoms with Gasteiger partial charge in [0.1, 0.15) is 23.9 Å². The summed E-state index contributed by atoms with van der Waals surface area (Å²) in [5.74, 6) is 5.86. The van der Waals surface area contributed by atoms with Gasteiger partial charge in [0, 0.05) is 41.1 Å². The second-order valence-corrected chi connectivity index (χ2v) is 8.16. The van der Waals surface area contributed by atoms with Gasteiger partial charge in [-0.3, -0.25) is 5.73 Å². The lowest BCUT2D eigenvalue weighted by atomic mass is 10.0. The van der Waals surface area contributed by atoms with Crippen LogP contribution < -0.4 is 19.9 Å². The van der Waals surface area contributed by atoms with Gasteiger partial charge in [-0.25, -0.2) is 9.59 Å². The van der Waals surface area contributed by atoms with E-state index in [2.05, 4.69) is 11.8 Å². The summed E-state index contributed by atoms with van der Waals surface area (Å²) in [7, 11) is 3.15. The van der Waals surface area contributed by atoms with Gasteiger partial charge in [0.2, 0.25) is 0 Å². The zero-order chi connectivity index (χ0) is 24.2. The molecule has 0 fully saturated rings. The minimum absolute atomic E-state index is 0.0999. The van der Waals surface area contributed by atoms with Crippen molar-refractivity contribution in [3.8, 4) is 29.1 Å². The van der Waals surface area contributed by atoms with E-state index in [1.165, 1.54) is 0 Å². The van der Waals surface area contributed by atoms with E-state index in [4.69, 9.17) is 29.8 Å². The molecule has 9 heteroatoms. The number of carbonyl (C=O) groups excluding carboxylic acids is 1.